The van der Waals surface area contributed by atoms with Crippen molar-refractivity contribution in [1.29, 1.82) is 0 Å². The molecule has 1 saturated carbocycles. The topological polar surface area (TPSA) is 72.2 Å². The van der Waals surface area contributed by atoms with Gasteiger partial charge in [0.05, 0.1) is 5.02 Å². The summed E-state index contributed by atoms with van der Waals surface area (Å²) in [6.45, 7) is 0.343. The Morgan fingerprint density at radius 2 is 1.95 bits per heavy atom. The van der Waals surface area contributed by atoms with Crippen molar-refractivity contribution in [2.75, 3.05) is 0 Å². The van der Waals surface area contributed by atoms with Gasteiger partial charge in [-0.2, -0.15) is 0 Å². The molecule has 0 spiro atoms. The van der Waals surface area contributed by atoms with Crippen LogP contribution < -0.4 is 10.5 Å². The molecule has 19 heavy (non-hydrogen) atoms. The summed E-state index contributed by atoms with van der Waals surface area (Å²) < 4.78 is 27.3. The Kier molecular flexibility index (Phi) is 4.84. The van der Waals surface area contributed by atoms with E-state index in [1.165, 1.54) is 12.5 Å². The smallest absolute Gasteiger partial charge is 0.242 e. The van der Waals surface area contributed by atoms with Crippen LogP contribution in [0.3, 0.4) is 0 Å². The molecule has 0 aromatic heterocycles. The normalized spacial score (nSPS) is 17.6. The summed E-state index contributed by atoms with van der Waals surface area (Å²) in [6.07, 6.45) is 5.14. The highest BCUT2D eigenvalue weighted by atomic mass is 35.5. The maximum absolute atomic E-state index is 12.3. The molecule has 4 nitrogen and oxygen atoms in total. The minimum Gasteiger partial charge on any atom is -0.326 e. The van der Waals surface area contributed by atoms with Crippen molar-refractivity contribution in [3.8, 4) is 0 Å². The second-order valence-corrected chi connectivity index (χ2v) is 7.01. The molecule has 2 rings (SSSR count). The molecule has 0 heterocycles. The summed E-state index contributed by atoms with van der Waals surface area (Å²) >= 11 is 6.04. The fourth-order valence-corrected chi connectivity index (χ4v) is 4.26. The van der Waals surface area contributed by atoms with Gasteiger partial charge < -0.3 is 5.73 Å². The molecule has 1 aromatic carbocycles. The first kappa shape index (κ1) is 14.8. The average Bonchev–Trinajstić information content (AvgIpc) is 2.38. The fraction of sp³-hybridized carbons (Fsp3) is 0.538. The number of nitrogens with two attached hydrogens (primary N) is 1. The van der Waals surface area contributed by atoms with Gasteiger partial charge in [-0.3, -0.25) is 0 Å². The summed E-state index contributed by atoms with van der Waals surface area (Å²) in [7, 11) is -3.54. The summed E-state index contributed by atoms with van der Waals surface area (Å²) in [4.78, 5) is 0.136. The number of sulfonamides is 1. The van der Waals surface area contributed by atoms with Crippen LogP contribution in [0, 0.1) is 0 Å². The van der Waals surface area contributed by atoms with E-state index in [9.17, 15) is 8.42 Å². The van der Waals surface area contributed by atoms with Gasteiger partial charge >= 0.3 is 0 Å². The highest BCUT2D eigenvalue weighted by molar-refractivity contribution is 7.89. The standard InChI is InChI=1S/C13H19ClN2O2S/c14-12-8-10(9-15)6-7-13(12)19(17,18)16-11-4-2-1-3-5-11/h6-8,11,16H,1-5,9,15H2. The Hall–Kier alpha value is -0.620. The molecule has 1 aliphatic carbocycles. The molecule has 0 bridgehead atoms. The van der Waals surface area contributed by atoms with Gasteiger partial charge in [0, 0.05) is 12.6 Å². The van der Waals surface area contributed by atoms with Crippen LogP contribution in [0.1, 0.15) is 37.7 Å². The van der Waals surface area contributed by atoms with Gasteiger partial charge in [0.2, 0.25) is 10.0 Å². The third-order valence-corrected chi connectivity index (χ3v) is 5.45. The van der Waals surface area contributed by atoms with Gasteiger partial charge in [0.25, 0.3) is 0 Å². The van der Waals surface area contributed by atoms with Gasteiger partial charge in [0.1, 0.15) is 4.90 Å². The van der Waals surface area contributed by atoms with E-state index in [1.807, 2.05) is 0 Å². The van der Waals surface area contributed by atoms with E-state index < -0.39 is 10.0 Å². The predicted molar refractivity (Wildman–Crippen MR) is 76.5 cm³/mol. The van der Waals surface area contributed by atoms with Gasteiger partial charge in [-0.05, 0) is 30.5 Å². The van der Waals surface area contributed by atoms with Gasteiger partial charge in [-0.25, -0.2) is 13.1 Å². The largest absolute Gasteiger partial charge is 0.326 e. The third kappa shape index (κ3) is 3.69. The number of hydrogen-bond donors (Lipinski definition) is 2. The molecule has 1 fully saturated rings. The molecule has 1 aromatic rings. The molecule has 1 aliphatic rings. The SMILES string of the molecule is NCc1ccc(S(=O)(=O)NC2CCCCC2)c(Cl)c1. The lowest BCUT2D eigenvalue weighted by Crippen LogP contribution is -2.36. The van der Waals surface area contributed by atoms with E-state index >= 15 is 0 Å². The maximum atomic E-state index is 12.3. The molecular formula is C13H19ClN2O2S. The van der Waals surface area contributed by atoms with Crippen molar-refractivity contribution in [2.45, 2.75) is 49.6 Å². The number of halogens is 1. The Labute approximate surface area is 119 Å². The van der Waals surface area contributed by atoms with E-state index in [-0.39, 0.29) is 16.0 Å². The third-order valence-electron chi connectivity index (χ3n) is 3.45. The van der Waals surface area contributed by atoms with Crippen LogP contribution >= 0.6 is 11.6 Å². The van der Waals surface area contributed by atoms with Crippen LogP contribution in [0.4, 0.5) is 0 Å². The molecule has 0 aliphatic heterocycles. The zero-order chi connectivity index (χ0) is 13.9. The summed E-state index contributed by atoms with van der Waals surface area (Å²) in [5.41, 5.74) is 6.32. The first-order valence-corrected chi connectivity index (χ1v) is 8.40. The van der Waals surface area contributed by atoms with Crippen molar-refractivity contribution in [3.05, 3.63) is 28.8 Å². The minimum atomic E-state index is -3.54. The lowest BCUT2D eigenvalue weighted by molar-refractivity contribution is 0.412. The van der Waals surface area contributed by atoms with E-state index in [0.29, 0.717) is 6.54 Å². The Morgan fingerprint density at radius 1 is 1.26 bits per heavy atom. The second-order valence-electron chi connectivity index (χ2n) is 4.93. The van der Waals surface area contributed by atoms with Crippen molar-refractivity contribution < 1.29 is 8.42 Å². The zero-order valence-electron chi connectivity index (χ0n) is 10.7. The Morgan fingerprint density at radius 3 is 2.53 bits per heavy atom. The van der Waals surface area contributed by atoms with E-state index in [2.05, 4.69) is 4.72 Å². The average molecular weight is 303 g/mol. The predicted octanol–water partition coefficient (Wildman–Crippen LogP) is 2.41. The highest BCUT2D eigenvalue weighted by Gasteiger charge is 2.23. The van der Waals surface area contributed by atoms with Crippen LogP contribution in [-0.2, 0) is 16.6 Å². The molecule has 106 valence electrons. The molecule has 3 N–H and O–H groups in total. The molecule has 0 amide bonds. The monoisotopic (exact) mass is 302 g/mol. The number of benzene rings is 1. The van der Waals surface area contributed by atoms with Crippen molar-refractivity contribution in [1.82, 2.24) is 4.72 Å². The number of nitrogens with one attached hydrogen (secondary N) is 1. The van der Waals surface area contributed by atoms with E-state index in [4.69, 9.17) is 17.3 Å². The lowest BCUT2D eigenvalue weighted by atomic mass is 9.96. The van der Waals surface area contributed by atoms with Crippen LogP contribution in [0.25, 0.3) is 0 Å². The van der Waals surface area contributed by atoms with Gasteiger partial charge in [0.15, 0.2) is 0 Å². The fourth-order valence-electron chi connectivity index (χ4n) is 2.39. The first-order valence-electron chi connectivity index (χ1n) is 6.54. The van der Waals surface area contributed by atoms with E-state index in [0.717, 1.165) is 31.2 Å². The summed E-state index contributed by atoms with van der Waals surface area (Å²) in [6, 6.07) is 4.86. The zero-order valence-corrected chi connectivity index (χ0v) is 12.3. The molecule has 6 heteroatoms. The molecule has 0 radical (unpaired) electrons. The molecular weight excluding hydrogens is 284 g/mol. The first-order chi connectivity index (χ1) is 9.03. The summed E-state index contributed by atoms with van der Waals surface area (Å²) in [5.74, 6) is 0. The quantitative estimate of drug-likeness (QED) is 0.897. The van der Waals surface area contributed by atoms with Crippen LogP contribution in [0.5, 0.6) is 0 Å². The highest BCUT2D eigenvalue weighted by Crippen LogP contribution is 2.25. The molecule has 0 unspecified atom stereocenters. The van der Waals surface area contributed by atoms with Crippen LogP contribution in [-0.4, -0.2) is 14.5 Å². The van der Waals surface area contributed by atoms with Gasteiger partial charge in [-0.15, -0.1) is 0 Å². The summed E-state index contributed by atoms with van der Waals surface area (Å²) in [5, 5.41) is 0.228. The van der Waals surface area contributed by atoms with Crippen LogP contribution in [0.15, 0.2) is 23.1 Å². The number of hydrogen-bond acceptors (Lipinski definition) is 3. The second kappa shape index (κ2) is 6.22. The van der Waals surface area contributed by atoms with Crippen molar-refractivity contribution in [3.63, 3.8) is 0 Å². The van der Waals surface area contributed by atoms with Gasteiger partial charge in [-0.1, -0.05) is 36.9 Å². The number of rotatable bonds is 4. The minimum absolute atomic E-state index is 0.0315. The maximum Gasteiger partial charge on any atom is 0.242 e. The van der Waals surface area contributed by atoms with Crippen molar-refractivity contribution >= 4 is 21.6 Å². The Balaban J connectivity index is 2.18. The molecule has 0 saturated heterocycles. The van der Waals surface area contributed by atoms with E-state index in [1.54, 1.807) is 12.1 Å². The van der Waals surface area contributed by atoms with Crippen LogP contribution in [0.2, 0.25) is 5.02 Å². The molecule has 0 atom stereocenters. The van der Waals surface area contributed by atoms with Crippen molar-refractivity contribution in [2.24, 2.45) is 5.73 Å². The Bertz CT molecular complexity index is 540. The lowest BCUT2D eigenvalue weighted by Gasteiger charge is -2.22.